The minimum absolute atomic E-state index is 0.171. The van der Waals surface area contributed by atoms with Gasteiger partial charge in [-0.2, -0.15) is 0 Å². The fourth-order valence-electron chi connectivity index (χ4n) is 1.89. The van der Waals surface area contributed by atoms with Crippen LogP contribution in [0.25, 0.3) is 0 Å². The Morgan fingerprint density at radius 2 is 2.16 bits per heavy atom. The molecule has 3 nitrogen and oxygen atoms in total. The Balaban J connectivity index is 2.04. The Kier molecular flexibility index (Phi) is 4.77. The second-order valence-corrected chi connectivity index (χ2v) is 4.75. The molecule has 2 rings (SSSR count). The smallest absolute Gasteiger partial charge is 0.123 e. The third kappa shape index (κ3) is 3.69. The van der Waals surface area contributed by atoms with Crippen molar-refractivity contribution in [3.63, 3.8) is 0 Å². The molecule has 0 aliphatic heterocycles. The highest BCUT2D eigenvalue weighted by molar-refractivity contribution is 6.30. The molecule has 0 aliphatic rings. The molecule has 1 aromatic carbocycles. The van der Waals surface area contributed by atoms with E-state index >= 15 is 0 Å². The van der Waals surface area contributed by atoms with Crippen molar-refractivity contribution in [1.29, 1.82) is 0 Å². The summed E-state index contributed by atoms with van der Waals surface area (Å²) in [7, 11) is 1.66. The van der Waals surface area contributed by atoms with Gasteiger partial charge in [-0.3, -0.25) is 4.98 Å². The summed E-state index contributed by atoms with van der Waals surface area (Å²) < 4.78 is 5.32. The minimum atomic E-state index is 0.171. The molecule has 19 heavy (non-hydrogen) atoms. The Morgan fingerprint density at radius 3 is 2.84 bits per heavy atom. The fraction of sp³-hybridized carbons (Fsp3) is 0.267. The zero-order valence-electron chi connectivity index (χ0n) is 11.1. The average Bonchev–Trinajstić information content (AvgIpc) is 2.46. The zero-order chi connectivity index (χ0) is 13.7. The van der Waals surface area contributed by atoms with Crippen LogP contribution in [0.1, 0.15) is 24.2 Å². The van der Waals surface area contributed by atoms with Crippen LogP contribution in [0.3, 0.4) is 0 Å². The van der Waals surface area contributed by atoms with Gasteiger partial charge in [0.15, 0.2) is 0 Å². The standard InChI is InChI=1S/C15H17ClN2O/c1-11(14-5-3-4-8-17-14)18-10-12-9-13(16)6-7-15(12)19-2/h3-9,11,18H,10H2,1-2H3/t11-/m1/s1. The van der Waals surface area contributed by atoms with Crippen LogP contribution in [0.15, 0.2) is 42.6 Å². The van der Waals surface area contributed by atoms with E-state index in [4.69, 9.17) is 16.3 Å². The molecule has 2 aromatic rings. The number of hydrogen-bond donors (Lipinski definition) is 1. The molecule has 0 amide bonds. The van der Waals surface area contributed by atoms with Crippen molar-refractivity contribution in [2.75, 3.05) is 7.11 Å². The van der Waals surface area contributed by atoms with Gasteiger partial charge in [0, 0.05) is 29.4 Å². The van der Waals surface area contributed by atoms with Crippen LogP contribution in [0.5, 0.6) is 5.75 Å². The van der Waals surface area contributed by atoms with Gasteiger partial charge in [0.1, 0.15) is 5.75 Å². The summed E-state index contributed by atoms with van der Waals surface area (Å²) in [5, 5.41) is 4.13. The number of ether oxygens (including phenoxy) is 1. The Labute approximate surface area is 118 Å². The molecule has 0 spiro atoms. The van der Waals surface area contributed by atoms with E-state index in [2.05, 4.69) is 17.2 Å². The number of aromatic nitrogens is 1. The van der Waals surface area contributed by atoms with E-state index in [0.717, 1.165) is 17.0 Å². The molecule has 1 aromatic heterocycles. The van der Waals surface area contributed by atoms with Crippen LogP contribution in [0, 0.1) is 0 Å². The van der Waals surface area contributed by atoms with Crippen molar-refractivity contribution in [1.82, 2.24) is 10.3 Å². The highest BCUT2D eigenvalue weighted by Gasteiger charge is 2.08. The van der Waals surface area contributed by atoms with Crippen LogP contribution in [-0.4, -0.2) is 12.1 Å². The van der Waals surface area contributed by atoms with Gasteiger partial charge in [0.05, 0.1) is 12.8 Å². The van der Waals surface area contributed by atoms with Gasteiger partial charge in [-0.15, -0.1) is 0 Å². The van der Waals surface area contributed by atoms with Crippen LogP contribution in [0.2, 0.25) is 5.02 Å². The first-order valence-corrected chi connectivity index (χ1v) is 6.55. The van der Waals surface area contributed by atoms with Gasteiger partial charge in [0.25, 0.3) is 0 Å². The molecule has 0 aliphatic carbocycles. The molecule has 1 N–H and O–H groups in total. The predicted molar refractivity (Wildman–Crippen MR) is 77.5 cm³/mol. The van der Waals surface area contributed by atoms with Gasteiger partial charge < -0.3 is 10.1 Å². The number of nitrogens with zero attached hydrogens (tertiary/aromatic N) is 1. The summed E-state index contributed by atoms with van der Waals surface area (Å²) in [4.78, 5) is 4.33. The summed E-state index contributed by atoms with van der Waals surface area (Å²) in [6.07, 6.45) is 1.80. The van der Waals surface area contributed by atoms with Gasteiger partial charge in [-0.1, -0.05) is 17.7 Å². The first-order valence-electron chi connectivity index (χ1n) is 6.17. The summed E-state index contributed by atoms with van der Waals surface area (Å²) in [5.41, 5.74) is 2.06. The molecular weight excluding hydrogens is 260 g/mol. The van der Waals surface area contributed by atoms with Crippen LogP contribution >= 0.6 is 11.6 Å². The van der Waals surface area contributed by atoms with Gasteiger partial charge in [-0.05, 0) is 37.3 Å². The first kappa shape index (κ1) is 13.8. The van der Waals surface area contributed by atoms with Crippen LogP contribution in [-0.2, 0) is 6.54 Å². The number of pyridine rings is 1. The van der Waals surface area contributed by atoms with E-state index in [1.54, 1.807) is 13.3 Å². The van der Waals surface area contributed by atoms with Crippen molar-refractivity contribution in [2.24, 2.45) is 0 Å². The average molecular weight is 277 g/mol. The van der Waals surface area contributed by atoms with E-state index < -0.39 is 0 Å². The maximum Gasteiger partial charge on any atom is 0.123 e. The second-order valence-electron chi connectivity index (χ2n) is 4.31. The lowest BCUT2D eigenvalue weighted by Crippen LogP contribution is -2.19. The highest BCUT2D eigenvalue weighted by atomic mass is 35.5. The Morgan fingerprint density at radius 1 is 1.32 bits per heavy atom. The van der Waals surface area contributed by atoms with Crippen molar-refractivity contribution < 1.29 is 4.74 Å². The third-order valence-electron chi connectivity index (χ3n) is 2.97. The van der Waals surface area contributed by atoms with Gasteiger partial charge >= 0.3 is 0 Å². The molecule has 1 atom stereocenters. The molecule has 0 unspecified atom stereocenters. The summed E-state index contributed by atoms with van der Waals surface area (Å²) in [5.74, 6) is 0.838. The second kappa shape index (κ2) is 6.55. The number of methoxy groups -OCH3 is 1. The zero-order valence-corrected chi connectivity index (χ0v) is 11.8. The summed E-state index contributed by atoms with van der Waals surface area (Å²) >= 11 is 6.01. The van der Waals surface area contributed by atoms with Crippen molar-refractivity contribution in [2.45, 2.75) is 19.5 Å². The Bertz CT molecular complexity index is 531. The van der Waals surface area contributed by atoms with Gasteiger partial charge in [0.2, 0.25) is 0 Å². The van der Waals surface area contributed by atoms with Crippen molar-refractivity contribution >= 4 is 11.6 Å². The first-order chi connectivity index (χ1) is 9.20. The summed E-state index contributed by atoms with van der Waals surface area (Å²) in [6.45, 7) is 2.76. The fourth-order valence-corrected chi connectivity index (χ4v) is 2.08. The van der Waals surface area contributed by atoms with E-state index in [1.165, 1.54) is 0 Å². The van der Waals surface area contributed by atoms with Gasteiger partial charge in [-0.25, -0.2) is 0 Å². The molecule has 0 saturated heterocycles. The number of nitrogens with one attached hydrogen (secondary N) is 1. The SMILES string of the molecule is COc1ccc(Cl)cc1CN[C@H](C)c1ccccn1. The monoisotopic (exact) mass is 276 g/mol. The highest BCUT2D eigenvalue weighted by Crippen LogP contribution is 2.23. The molecule has 1 heterocycles. The van der Waals surface area contributed by atoms with Crippen LogP contribution < -0.4 is 10.1 Å². The lowest BCUT2D eigenvalue weighted by Gasteiger charge is -2.15. The predicted octanol–water partition coefficient (Wildman–Crippen LogP) is 3.59. The van der Waals surface area contributed by atoms with E-state index in [0.29, 0.717) is 11.6 Å². The molecule has 0 radical (unpaired) electrons. The maximum atomic E-state index is 6.01. The largest absolute Gasteiger partial charge is 0.496 e. The third-order valence-corrected chi connectivity index (χ3v) is 3.21. The molecule has 0 bridgehead atoms. The summed E-state index contributed by atoms with van der Waals surface area (Å²) in [6, 6.07) is 11.7. The van der Waals surface area contributed by atoms with Crippen molar-refractivity contribution in [3.05, 3.63) is 58.9 Å². The quantitative estimate of drug-likeness (QED) is 0.906. The molecule has 0 fully saturated rings. The van der Waals surface area contributed by atoms with Crippen LogP contribution in [0.4, 0.5) is 0 Å². The lowest BCUT2D eigenvalue weighted by atomic mass is 10.1. The Hall–Kier alpha value is -1.58. The topological polar surface area (TPSA) is 34.1 Å². The molecular formula is C15H17ClN2O. The van der Waals surface area contributed by atoms with Crippen molar-refractivity contribution in [3.8, 4) is 5.75 Å². The number of hydrogen-bond acceptors (Lipinski definition) is 3. The van der Waals surface area contributed by atoms with E-state index in [-0.39, 0.29) is 6.04 Å². The van der Waals surface area contributed by atoms with E-state index in [9.17, 15) is 0 Å². The number of rotatable bonds is 5. The molecule has 0 saturated carbocycles. The van der Waals surface area contributed by atoms with E-state index in [1.807, 2.05) is 36.4 Å². The normalized spacial score (nSPS) is 12.2. The molecule has 100 valence electrons. The number of benzene rings is 1. The maximum absolute atomic E-state index is 6.01. The minimum Gasteiger partial charge on any atom is -0.496 e. The lowest BCUT2D eigenvalue weighted by molar-refractivity contribution is 0.406. The number of halogens is 1. The molecule has 4 heteroatoms.